The van der Waals surface area contributed by atoms with Crippen LogP contribution in [-0.2, 0) is 17.9 Å². The lowest BCUT2D eigenvalue weighted by atomic mass is 10.2. The first-order chi connectivity index (χ1) is 11.8. The SMILES string of the molecule is COc1cccc2c3n(c(=N)nc12)CC(OCc1ccccc1)N3. The highest BCUT2D eigenvalue weighted by Crippen LogP contribution is 2.30. The molecule has 0 aliphatic carbocycles. The highest BCUT2D eigenvalue weighted by atomic mass is 16.5. The number of nitrogens with zero attached hydrogens (tertiary/aromatic N) is 2. The second-order valence-corrected chi connectivity index (χ2v) is 5.68. The highest BCUT2D eigenvalue weighted by molar-refractivity contribution is 5.93. The molecular formula is C18H18N4O2. The molecule has 122 valence electrons. The number of nitrogens with one attached hydrogen (secondary N) is 2. The van der Waals surface area contributed by atoms with Crippen LogP contribution in [0.3, 0.4) is 0 Å². The van der Waals surface area contributed by atoms with Gasteiger partial charge in [0, 0.05) is 5.39 Å². The van der Waals surface area contributed by atoms with Crippen LogP contribution in [0.1, 0.15) is 5.56 Å². The third kappa shape index (κ3) is 2.51. The van der Waals surface area contributed by atoms with Gasteiger partial charge in [0.1, 0.15) is 23.3 Å². The fourth-order valence-electron chi connectivity index (χ4n) is 2.97. The minimum atomic E-state index is -0.187. The van der Waals surface area contributed by atoms with Crippen molar-refractivity contribution in [2.45, 2.75) is 19.4 Å². The van der Waals surface area contributed by atoms with Crippen LogP contribution in [0.25, 0.3) is 10.9 Å². The van der Waals surface area contributed by atoms with E-state index in [9.17, 15) is 0 Å². The van der Waals surface area contributed by atoms with E-state index in [4.69, 9.17) is 14.9 Å². The predicted molar refractivity (Wildman–Crippen MR) is 90.8 cm³/mol. The van der Waals surface area contributed by atoms with E-state index in [-0.39, 0.29) is 11.8 Å². The molecule has 1 atom stereocenters. The molecule has 4 rings (SSSR count). The number of aromatic nitrogens is 2. The number of rotatable bonds is 4. The lowest BCUT2D eigenvalue weighted by molar-refractivity contribution is 0.0561. The lowest BCUT2D eigenvalue weighted by Gasteiger charge is -2.12. The molecule has 0 radical (unpaired) electrons. The maximum atomic E-state index is 8.19. The third-order valence-corrected chi connectivity index (χ3v) is 4.16. The molecule has 2 heterocycles. The van der Waals surface area contributed by atoms with Gasteiger partial charge in [-0.25, -0.2) is 4.98 Å². The molecule has 1 aliphatic rings. The normalized spacial score (nSPS) is 16.0. The summed E-state index contributed by atoms with van der Waals surface area (Å²) in [7, 11) is 1.61. The summed E-state index contributed by atoms with van der Waals surface area (Å²) < 4.78 is 13.1. The van der Waals surface area contributed by atoms with E-state index in [2.05, 4.69) is 10.3 Å². The van der Waals surface area contributed by atoms with Gasteiger partial charge in [-0.15, -0.1) is 0 Å². The topological polar surface area (TPSA) is 72.2 Å². The Morgan fingerprint density at radius 1 is 1.21 bits per heavy atom. The van der Waals surface area contributed by atoms with Gasteiger partial charge in [-0.1, -0.05) is 36.4 Å². The van der Waals surface area contributed by atoms with E-state index in [1.54, 1.807) is 7.11 Å². The number of para-hydroxylation sites is 1. The van der Waals surface area contributed by atoms with Gasteiger partial charge in [0.15, 0.2) is 0 Å². The smallest absolute Gasteiger partial charge is 0.224 e. The van der Waals surface area contributed by atoms with Crippen molar-refractivity contribution in [1.82, 2.24) is 9.55 Å². The van der Waals surface area contributed by atoms with Crippen molar-refractivity contribution in [2.24, 2.45) is 0 Å². The number of methoxy groups -OCH3 is 1. The van der Waals surface area contributed by atoms with Gasteiger partial charge in [0.05, 0.1) is 20.3 Å². The van der Waals surface area contributed by atoms with Crippen molar-refractivity contribution < 1.29 is 9.47 Å². The monoisotopic (exact) mass is 322 g/mol. The number of hydrogen-bond donors (Lipinski definition) is 2. The highest BCUT2D eigenvalue weighted by Gasteiger charge is 2.24. The van der Waals surface area contributed by atoms with E-state index >= 15 is 0 Å². The summed E-state index contributed by atoms with van der Waals surface area (Å²) >= 11 is 0. The fraction of sp³-hybridized carbons (Fsp3) is 0.222. The average molecular weight is 322 g/mol. The summed E-state index contributed by atoms with van der Waals surface area (Å²) in [4.78, 5) is 4.38. The Labute approximate surface area is 139 Å². The van der Waals surface area contributed by atoms with Gasteiger partial charge < -0.3 is 14.8 Å². The van der Waals surface area contributed by atoms with Gasteiger partial charge in [0.2, 0.25) is 5.62 Å². The zero-order chi connectivity index (χ0) is 16.5. The lowest BCUT2D eigenvalue weighted by Crippen LogP contribution is -2.24. The number of ether oxygens (including phenoxy) is 2. The van der Waals surface area contributed by atoms with E-state index in [1.807, 2.05) is 53.1 Å². The van der Waals surface area contributed by atoms with Crippen LogP contribution in [0.5, 0.6) is 5.75 Å². The van der Waals surface area contributed by atoms with Gasteiger partial charge in [-0.3, -0.25) is 9.98 Å². The van der Waals surface area contributed by atoms with Crippen molar-refractivity contribution in [3.8, 4) is 5.75 Å². The van der Waals surface area contributed by atoms with Gasteiger partial charge in [0.25, 0.3) is 0 Å². The molecule has 0 saturated heterocycles. The Bertz CT molecular complexity index is 937. The average Bonchev–Trinajstić information content (AvgIpc) is 3.06. The molecule has 6 nitrogen and oxygen atoms in total. The third-order valence-electron chi connectivity index (χ3n) is 4.16. The van der Waals surface area contributed by atoms with Crippen LogP contribution >= 0.6 is 0 Å². The standard InChI is InChI=1S/C18H18N4O2/c1-23-14-9-5-8-13-16(14)21-18(19)22-10-15(20-17(13)22)24-11-12-6-3-2-4-7-12/h2-9,15,19-20H,10-11H2,1H3. The maximum absolute atomic E-state index is 8.19. The minimum absolute atomic E-state index is 0.187. The molecule has 0 saturated carbocycles. The van der Waals surface area contributed by atoms with Crippen LogP contribution in [0.2, 0.25) is 0 Å². The quantitative estimate of drug-likeness (QED) is 0.774. The molecule has 0 amide bonds. The Morgan fingerprint density at radius 2 is 2.04 bits per heavy atom. The van der Waals surface area contributed by atoms with E-state index < -0.39 is 0 Å². The first kappa shape index (κ1) is 14.7. The van der Waals surface area contributed by atoms with E-state index in [0.29, 0.717) is 24.4 Å². The summed E-state index contributed by atoms with van der Waals surface area (Å²) in [6.45, 7) is 1.08. The molecular weight excluding hydrogens is 304 g/mol. The van der Waals surface area contributed by atoms with Gasteiger partial charge in [-0.05, 0) is 17.7 Å². The number of hydrogen-bond acceptors (Lipinski definition) is 5. The van der Waals surface area contributed by atoms with Crippen LogP contribution < -0.4 is 15.7 Å². The molecule has 3 aromatic rings. The number of fused-ring (bicyclic) bond motifs is 3. The number of benzene rings is 2. The molecule has 1 aromatic heterocycles. The second-order valence-electron chi connectivity index (χ2n) is 5.68. The summed E-state index contributed by atoms with van der Waals surface area (Å²) in [6.07, 6.45) is -0.187. The molecule has 0 spiro atoms. The summed E-state index contributed by atoms with van der Waals surface area (Å²) in [6, 6.07) is 15.8. The van der Waals surface area contributed by atoms with E-state index in [1.165, 1.54) is 0 Å². The van der Waals surface area contributed by atoms with Crippen molar-refractivity contribution in [1.29, 1.82) is 5.41 Å². The molecule has 2 N–H and O–H groups in total. The Kier molecular flexibility index (Phi) is 3.66. The second kappa shape index (κ2) is 5.98. The summed E-state index contributed by atoms with van der Waals surface area (Å²) in [5.74, 6) is 1.52. The Balaban J connectivity index is 1.63. The molecule has 1 aliphatic heterocycles. The fourth-order valence-corrected chi connectivity index (χ4v) is 2.97. The van der Waals surface area contributed by atoms with E-state index in [0.717, 1.165) is 16.8 Å². The summed E-state index contributed by atoms with van der Waals surface area (Å²) in [5.41, 5.74) is 2.00. The van der Waals surface area contributed by atoms with Crippen molar-refractivity contribution in [3.63, 3.8) is 0 Å². The minimum Gasteiger partial charge on any atom is -0.494 e. The van der Waals surface area contributed by atoms with Crippen LogP contribution in [0.4, 0.5) is 5.82 Å². The molecule has 0 bridgehead atoms. The number of anilines is 1. The zero-order valence-electron chi connectivity index (χ0n) is 13.3. The molecule has 2 aromatic carbocycles. The van der Waals surface area contributed by atoms with Crippen molar-refractivity contribution in [3.05, 3.63) is 59.7 Å². The molecule has 0 fully saturated rings. The van der Waals surface area contributed by atoms with Crippen molar-refractivity contribution in [2.75, 3.05) is 12.4 Å². The van der Waals surface area contributed by atoms with Gasteiger partial charge in [-0.2, -0.15) is 0 Å². The first-order valence-corrected chi connectivity index (χ1v) is 7.80. The largest absolute Gasteiger partial charge is 0.494 e. The van der Waals surface area contributed by atoms with Crippen LogP contribution in [0.15, 0.2) is 48.5 Å². The Morgan fingerprint density at radius 3 is 2.83 bits per heavy atom. The van der Waals surface area contributed by atoms with Crippen LogP contribution in [-0.4, -0.2) is 22.9 Å². The molecule has 24 heavy (non-hydrogen) atoms. The van der Waals surface area contributed by atoms with Gasteiger partial charge >= 0.3 is 0 Å². The zero-order valence-corrected chi connectivity index (χ0v) is 13.3. The van der Waals surface area contributed by atoms with Crippen molar-refractivity contribution >= 4 is 16.7 Å². The summed E-state index contributed by atoms with van der Waals surface area (Å²) in [5, 5.41) is 12.5. The predicted octanol–water partition coefficient (Wildman–Crippen LogP) is 2.49. The van der Waals surface area contributed by atoms with Crippen LogP contribution in [0, 0.1) is 5.41 Å². The molecule has 1 unspecified atom stereocenters. The Hall–Kier alpha value is -2.86. The molecule has 6 heteroatoms. The maximum Gasteiger partial charge on any atom is 0.224 e. The first-order valence-electron chi connectivity index (χ1n) is 7.80.